The van der Waals surface area contributed by atoms with Gasteiger partial charge in [0.05, 0.1) is 5.02 Å². The topological polar surface area (TPSA) is 25.2 Å². The fourth-order valence-corrected chi connectivity index (χ4v) is 2.91. The molecule has 1 aromatic carbocycles. The molecule has 1 aromatic heterocycles. The van der Waals surface area contributed by atoms with Gasteiger partial charge in [0.15, 0.2) is 5.58 Å². The molecule has 1 atom stereocenters. The summed E-state index contributed by atoms with van der Waals surface area (Å²) in [5.41, 5.74) is 0.786. The predicted molar refractivity (Wildman–Crippen MR) is 86.6 cm³/mol. The summed E-state index contributed by atoms with van der Waals surface area (Å²) in [6.07, 6.45) is 2.19. The molecule has 2 rings (SSSR count). The van der Waals surface area contributed by atoms with Crippen molar-refractivity contribution in [2.75, 3.05) is 6.54 Å². The molecular formula is C17H24ClNO. The second kappa shape index (κ2) is 6.19. The van der Waals surface area contributed by atoms with E-state index in [4.69, 9.17) is 16.0 Å². The highest BCUT2D eigenvalue weighted by molar-refractivity contribution is 6.34. The number of hydrogen-bond donors (Lipinski definition) is 1. The SMILES string of the molecule is CCCNC(C)CC(C)(C)c1cc2cccc(Cl)c2o1. The molecule has 1 unspecified atom stereocenters. The fraction of sp³-hybridized carbons (Fsp3) is 0.529. The molecular weight excluding hydrogens is 270 g/mol. The van der Waals surface area contributed by atoms with Crippen LogP contribution in [0.15, 0.2) is 28.7 Å². The van der Waals surface area contributed by atoms with E-state index in [1.165, 1.54) is 0 Å². The van der Waals surface area contributed by atoms with Crippen LogP contribution in [0.5, 0.6) is 0 Å². The van der Waals surface area contributed by atoms with Crippen molar-refractivity contribution in [2.24, 2.45) is 0 Å². The summed E-state index contributed by atoms with van der Waals surface area (Å²) in [5, 5.41) is 5.30. The van der Waals surface area contributed by atoms with Crippen LogP contribution in [0.4, 0.5) is 0 Å². The maximum atomic E-state index is 6.19. The fourth-order valence-electron chi connectivity index (χ4n) is 2.69. The van der Waals surface area contributed by atoms with Gasteiger partial charge in [-0.05, 0) is 38.4 Å². The normalized spacial score (nSPS) is 13.8. The van der Waals surface area contributed by atoms with Crippen molar-refractivity contribution in [3.05, 3.63) is 35.0 Å². The molecule has 3 heteroatoms. The molecule has 0 spiro atoms. The number of hydrogen-bond acceptors (Lipinski definition) is 2. The minimum Gasteiger partial charge on any atom is -0.459 e. The third kappa shape index (κ3) is 3.36. The van der Waals surface area contributed by atoms with Gasteiger partial charge in [0, 0.05) is 16.8 Å². The van der Waals surface area contributed by atoms with Gasteiger partial charge in [-0.25, -0.2) is 0 Å². The van der Waals surface area contributed by atoms with Crippen LogP contribution in [0.3, 0.4) is 0 Å². The van der Waals surface area contributed by atoms with E-state index >= 15 is 0 Å². The molecule has 0 bridgehead atoms. The Morgan fingerprint density at radius 1 is 1.35 bits per heavy atom. The van der Waals surface area contributed by atoms with Crippen LogP contribution in [-0.2, 0) is 5.41 Å². The summed E-state index contributed by atoms with van der Waals surface area (Å²) in [6, 6.07) is 8.46. The molecule has 0 amide bonds. The molecule has 0 aliphatic rings. The van der Waals surface area contributed by atoms with E-state index in [-0.39, 0.29) is 5.41 Å². The third-order valence-corrected chi connectivity index (χ3v) is 4.02. The Morgan fingerprint density at radius 3 is 2.75 bits per heavy atom. The average Bonchev–Trinajstić information content (AvgIpc) is 2.82. The maximum absolute atomic E-state index is 6.19. The summed E-state index contributed by atoms with van der Waals surface area (Å²) in [7, 11) is 0. The average molecular weight is 294 g/mol. The van der Waals surface area contributed by atoms with Crippen molar-refractivity contribution >= 4 is 22.6 Å². The lowest BCUT2D eigenvalue weighted by Crippen LogP contribution is -2.33. The van der Waals surface area contributed by atoms with Crippen LogP contribution >= 0.6 is 11.6 Å². The number of fused-ring (bicyclic) bond motifs is 1. The van der Waals surface area contributed by atoms with E-state index < -0.39 is 0 Å². The Balaban J connectivity index is 2.20. The van der Waals surface area contributed by atoms with E-state index in [1.807, 2.05) is 18.2 Å². The van der Waals surface area contributed by atoms with Crippen molar-refractivity contribution in [2.45, 2.75) is 52.0 Å². The van der Waals surface area contributed by atoms with E-state index in [0.29, 0.717) is 11.1 Å². The largest absolute Gasteiger partial charge is 0.459 e. The van der Waals surface area contributed by atoms with E-state index in [9.17, 15) is 0 Å². The molecule has 0 aliphatic carbocycles. The second-order valence-corrected chi connectivity index (χ2v) is 6.62. The summed E-state index contributed by atoms with van der Waals surface area (Å²) in [4.78, 5) is 0. The highest BCUT2D eigenvalue weighted by Crippen LogP contribution is 2.35. The number of furan rings is 1. The van der Waals surface area contributed by atoms with Crippen molar-refractivity contribution in [3.63, 3.8) is 0 Å². The molecule has 2 nitrogen and oxygen atoms in total. The number of para-hydroxylation sites is 1. The van der Waals surface area contributed by atoms with Crippen molar-refractivity contribution in [3.8, 4) is 0 Å². The van der Waals surface area contributed by atoms with Crippen molar-refractivity contribution < 1.29 is 4.42 Å². The number of rotatable bonds is 6. The van der Waals surface area contributed by atoms with Crippen LogP contribution in [0, 0.1) is 0 Å². The smallest absolute Gasteiger partial charge is 0.152 e. The van der Waals surface area contributed by atoms with Gasteiger partial charge in [0.2, 0.25) is 0 Å². The zero-order chi connectivity index (χ0) is 14.8. The van der Waals surface area contributed by atoms with Gasteiger partial charge in [-0.2, -0.15) is 0 Å². The maximum Gasteiger partial charge on any atom is 0.152 e. The van der Waals surface area contributed by atoms with Crippen LogP contribution in [0.1, 0.15) is 46.3 Å². The Kier molecular flexibility index (Phi) is 4.77. The molecule has 1 heterocycles. The van der Waals surface area contributed by atoms with Gasteiger partial charge in [-0.15, -0.1) is 0 Å². The number of benzene rings is 1. The second-order valence-electron chi connectivity index (χ2n) is 6.21. The molecule has 2 aromatic rings. The summed E-state index contributed by atoms with van der Waals surface area (Å²) in [5.74, 6) is 1.01. The van der Waals surface area contributed by atoms with Gasteiger partial charge in [0.25, 0.3) is 0 Å². The monoisotopic (exact) mass is 293 g/mol. The third-order valence-electron chi connectivity index (χ3n) is 3.72. The Hall–Kier alpha value is -0.990. The van der Waals surface area contributed by atoms with E-state index in [2.05, 4.69) is 39.1 Å². The highest BCUT2D eigenvalue weighted by atomic mass is 35.5. The summed E-state index contributed by atoms with van der Waals surface area (Å²) >= 11 is 6.19. The van der Waals surface area contributed by atoms with Crippen LogP contribution < -0.4 is 5.32 Å². The molecule has 0 saturated heterocycles. The Bertz CT molecular complexity index is 573. The number of halogens is 1. The minimum atomic E-state index is -0.0114. The lowest BCUT2D eigenvalue weighted by Gasteiger charge is -2.26. The molecule has 0 saturated carbocycles. The first-order valence-corrected chi connectivity index (χ1v) is 7.74. The van der Waals surface area contributed by atoms with Crippen LogP contribution in [0.2, 0.25) is 5.02 Å². The first-order valence-electron chi connectivity index (χ1n) is 7.36. The van der Waals surface area contributed by atoms with E-state index in [0.717, 1.165) is 36.1 Å². The molecule has 110 valence electrons. The zero-order valence-electron chi connectivity index (χ0n) is 12.8. The zero-order valence-corrected chi connectivity index (χ0v) is 13.6. The van der Waals surface area contributed by atoms with Crippen molar-refractivity contribution in [1.82, 2.24) is 5.32 Å². The Morgan fingerprint density at radius 2 is 2.10 bits per heavy atom. The summed E-state index contributed by atoms with van der Waals surface area (Å²) < 4.78 is 6.01. The first-order chi connectivity index (χ1) is 9.44. The molecule has 20 heavy (non-hydrogen) atoms. The van der Waals surface area contributed by atoms with Gasteiger partial charge >= 0.3 is 0 Å². The molecule has 0 radical (unpaired) electrons. The van der Waals surface area contributed by atoms with Crippen LogP contribution in [0.25, 0.3) is 11.0 Å². The quantitative estimate of drug-likeness (QED) is 0.797. The Labute approximate surface area is 126 Å². The van der Waals surface area contributed by atoms with Gasteiger partial charge < -0.3 is 9.73 Å². The van der Waals surface area contributed by atoms with Crippen LogP contribution in [-0.4, -0.2) is 12.6 Å². The highest BCUT2D eigenvalue weighted by Gasteiger charge is 2.27. The molecule has 0 aliphatic heterocycles. The van der Waals surface area contributed by atoms with E-state index in [1.54, 1.807) is 0 Å². The summed E-state index contributed by atoms with van der Waals surface area (Å²) in [6.45, 7) is 9.92. The lowest BCUT2D eigenvalue weighted by molar-refractivity contribution is 0.334. The number of nitrogens with one attached hydrogen (secondary N) is 1. The predicted octanol–water partition coefficient (Wildman–Crippen LogP) is 5.14. The minimum absolute atomic E-state index is 0.0114. The molecule has 0 fully saturated rings. The van der Waals surface area contributed by atoms with Gasteiger partial charge in [-0.1, -0.05) is 44.5 Å². The standard InChI is InChI=1S/C17H24ClNO/c1-5-9-19-12(2)11-17(3,4)15-10-13-7-6-8-14(18)16(13)20-15/h6-8,10,12,19H,5,9,11H2,1-4H3. The lowest BCUT2D eigenvalue weighted by atomic mass is 9.83. The van der Waals surface area contributed by atoms with Crippen molar-refractivity contribution in [1.29, 1.82) is 0 Å². The molecule has 1 N–H and O–H groups in total. The van der Waals surface area contributed by atoms with Gasteiger partial charge in [0.1, 0.15) is 5.76 Å². The van der Waals surface area contributed by atoms with Gasteiger partial charge in [-0.3, -0.25) is 0 Å². The first kappa shape index (κ1) is 15.4.